The second-order valence-corrected chi connectivity index (χ2v) is 9.93. The zero-order chi connectivity index (χ0) is 20.8. The van der Waals surface area contributed by atoms with Crippen molar-refractivity contribution in [3.05, 3.63) is 120 Å². The molecule has 0 aliphatic carbocycles. The summed E-state index contributed by atoms with van der Waals surface area (Å²) in [6.07, 6.45) is 0. The maximum absolute atomic E-state index is 3.82. The largest absolute Gasteiger partial charge is 0.380 e. The molecule has 150 valence electrons. The minimum atomic E-state index is -0.651. The molecule has 0 heterocycles. The van der Waals surface area contributed by atoms with E-state index in [4.69, 9.17) is 0 Å². The average molecular weight is 410 g/mol. The van der Waals surface area contributed by atoms with Crippen molar-refractivity contribution in [1.82, 2.24) is 0 Å². The van der Waals surface area contributed by atoms with E-state index in [0.29, 0.717) is 5.92 Å². The first kappa shape index (κ1) is 20.4. The highest BCUT2D eigenvalue weighted by Gasteiger charge is 2.22. The Balaban J connectivity index is 1.83. The van der Waals surface area contributed by atoms with Gasteiger partial charge < -0.3 is 5.32 Å². The van der Waals surface area contributed by atoms with Gasteiger partial charge in [0.25, 0.3) is 0 Å². The molecule has 0 aliphatic heterocycles. The van der Waals surface area contributed by atoms with Crippen molar-refractivity contribution >= 4 is 29.5 Å². The van der Waals surface area contributed by atoms with Crippen LogP contribution >= 0.6 is 7.92 Å². The molecule has 0 saturated heterocycles. The monoisotopic (exact) mass is 409 g/mol. The molecule has 0 radical (unpaired) electrons. The van der Waals surface area contributed by atoms with Gasteiger partial charge in [0.15, 0.2) is 0 Å². The molecule has 0 amide bonds. The summed E-state index contributed by atoms with van der Waals surface area (Å²) in [5.41, 5.74) is 3.96. The van der Waals surface area contributed by atoms with Gasteiger partial charge in [-0.15, -0.1) is 0 Å². The molecular weight excluding hydrogens is 381 g/mol. The smallest absolute Gasteiger partial charge is 0.0462 e. The molecule has 0 aliphatic rings. The van der Waals surface area contributed by atoms with Crippen molar-refractivity contribution in [3.8, 4) is 0 Å². The number of para-hydroxylation sites is 1. The average Bonchev–Trinajstić information content (AvgIpc) is 2.80. The lowest BCUT2D eigenvalue weighted by atomic mass is 10.0. The van der Waals surface area contributed by atoms with Crippen molar-refractivity contribution < 1.29 is 0 Å². The second kappa shape index (κ2) is 9.74. The molecule has 0 spiro atoms. The van der Waals surface area contributed by atoms with Crippen LogP contribution in [0.4, 0.5) is 5.69 Å². The van der Waals surface area contributed by atoms with Crippen LogP contribution in [0.1, 0.15) is 30.9 Å². The molecule has 0 bridgehead atoms. The number of benzene rings is 4. The minimum Gasteiger partial charge on any atom is -0.380 e. The molecule has 4 aromatic carbocycles. The Hall–Kier alpha value is -2.89. The second-order valence-electron chi connectivity index (χ2n) is 7.74. The molecule has 1 N–H and O–H groups in total. The highest BCUT2D eigenvalue weighted by Crippen LogP contribution is 2.38. The molecule has 2 heteroatoms. The fourth-order valence-electron chi connectivity index (χ4n) is 3.79. The van der Waals surface area contributed by atoms with Crippen LogP contribution in [-0.4, -0.2) is 0 Å². The highest BCUT2D eigenvalue weighted by atomic mass is 31.1. The molecule has 0 fully saturated rings. The van der Waals surface area contributed by atoms with Gasteiger partial charge in [0.1, 0.15) is 0 Å². The van der Waals surface area contributed by atoms with Gasteiger partial charge >= 0.3 is 0 Å². The summed E-state index contributed by atoms with van der Waals surface area (Å²) in [4.78, 5) is 0. The van der Waals surface area contributed by atoms with Crippen molar-refractivity contribution in [2.24, 2.45) is 0 Å². The maximum atomic E-state index is 3.82. The molecule has 0 saturated carbocycles. The molecule has 30 heavy (non-hydrogen) atoms. The first-order valence-electron chi connectivity index (χ1n) is 10.5. The Kier molecular flexibility index (Phi) is 6.62. The Bertz CT molecular complexity index is 1020. The molecule has 0 atom stereocenters. The van der Waals surface area contributed by atoms with E-state index in [1.807, 2.05) is 0 Å². The number of rotatable bonds is 7. The molecule has 0 unspecified atom stereocenters. The summed E-state index contributed by atoms with van der Waals surface area (Å²) >= 11 is 0. The van der Waals surface area contributed by atoms with Gasteiger partial charge in [0.2, 0.25) is 0 Å². The van der Waals surface area contributed by atoms with Crippen molar-refractivity contribution in [2.45, 2.75) is 26.3 Å². The van der Waals surface area contributed by atoms with Gasteiger partial charge in [0.05, 0.1) is 0 Å². The molecular formula is C28H28NP. The zero-order valence-electron chi connectivity index (χ0n) is 17.6. The number of anilines is 1. The van der Waals surface area contributed by atoms with Crippen LogP contribution in [-0.2, 0) is 6.54 Å². The molecule has 4 aromatic rings. The topological polar surface area (TPSA) is 12.0 Å². The van der Waals surface area contributed by atoms with E-state index in [2.05, 4.69) is 128 Å². The Morgan fingerprint density at radius 1 is 0.633 bits per heavy atom. The van der Waals surface area contributed by atoms with Gasteiger partial charge in [-0.25, -0.2) is 0 Å². The van der Waals surface area contributed by atoms with Crippen LogP contribution in [0, 0.1) is 0 Å². The number of nitrogens with one attached hydrogen (secondary N) is 1. The predicted octanol–water partition coefficient (Wildman–Crippen LogP) is 6.18. The van der Waals surface area contributed by atoms with Gasteiger partial charge in [-0.05, 0) is 35.6 Å². The van der Waals surface area contributed by atoms with Gasteiger partial charge in [-0.2, -0.15) is 0 Å². The van der Waals surface area contributed by atoms with E-state index in [-0.39, 0.29) is 0 Å². The van der Waals surface area contributed by atoms with E-state index < -0.39 is 7.92 Å². The first-order chi connectivity index (χ1) is 14.7. The molecule has 0 aromatic heterocycles. The summed E-state index contributed by atoms with van der Waals surface area (Å²) in [6.45, 7) is 5.38. The zero-order valence-corrected chi connectivity index (χ0v) is 18.5. The van der Waals surface area contributed by atoms with E-state index in [1.54, 1.807) is 0 Å². The molecule has 4 rings (SSSR count). The SMILES string of the molecule is CC(C)c1cccc(P(c2ccccc2)c2ccccc2)c1NCc1ccccc1. The van der Waals surface area contributed by atoms with Crippen LogP contribution in [0.3, 0.4) is 0 Å². The van der Waals surface area contributed by atoms with E-state index in [1.165, 1.54) is 32.7 Å². The number of hydrogen-bond acceptors (Lipinski definition) is 1. The fraction of sp³-hybridized carbons (Fsp3) is 0.143. The van der Waals surface area contributed by atoms with Crippen LogP contribution in [0.25, 0.3) is 0 Å². The predicted molar refractivity (Wildman–Crippen MR) is 133 cm³/mol. The maximum Gasteiger partial charge on any atom is 0.0462 e. The summed E-state index contributed by atoms with van der Waals surface area (Å²) < 4.78 is 0. The summed E-state index contributed by atoms with van der Waals surface area (Å²) in [6, 6.07) is 39.3. The number of hydrogen-bond donors (Lipinski definition) is 1. The van der Waals surface area contributed by atoms with E-state index >= 15 is 0 Å². The normalized spacial score (nSPS) is 11.1. The Labute approximate surface area is 181 Å². The highest BCUT2D eigenvalue weighted by molar-refractivity contribution is 7.80. The summed E-state index contributed by atoms with van der Waals surface area (Å²) in [5.74, 6) is 0.451. The third-order valence-corrected chi connectivity index (χ3v) is 7.76. The molecule has 1 nitrogen and oxygen atoms in total. The lowest BCUT2D eigenvalue weighted by Gasteiger charge is -2.26. The van der Waals surface area contributed by atoms with Crippen LogP contribution < -0.4 is 21.2 Å². The van der Waals surface area contributed by atoms with E-state index in [0.717, 1.165) is 6.54 Å². The summed E-state index contributed by atoms with van der Waals surface area (Å²) in [5, 5.41) is 7.96. The van der Waals surface area contributed by atoms with Crippen LogP contribution in [0.5, 0.6) is 0 Å². The quantitative estimate of drug-likeness (QED) is 0.359. The van der Waals surface area contributed by atoms with Crippen LogP contribution in [0.2, 0.25) is 0 Å². The summed E-state index contributed by atoms with van der Waals surface area (Å²) in [7, 11) is -0.651. The van der Waals surface area contributed by atoms with Gasteiger partial charge in [-0.3, -0.25) is 0 Å². The Morgan fingerprint density at radius 3 is 1.70 bits per heavy atom. The van der Waals surface area contributed by atoms with Gasteiger partial charge in [0, 0.05) is 17.5 Å². The third kappa shape index (κ3) is 4.64. The standard InChI is InChI=1S/C28H28NP/c1-22(2)26-19-12-20-27(28(26)29-21-23-13-6-3-7-14-23)30(24-15-8-4-9-16-24)25-17-10-5-11-18-25/h3-20,22,29H,21H2,1-2H3. The minimum absolute atomic E-state index is 0.451. The van der Waals surface area contributed by atoms with E-state index in [9.17, 15) is 0 Å². The lowest BCUT2D eigenvalue weighted by Crippen LogP contribution is -2.24. The van der Waals surface area contributed by atoms with Crippen molar-refractivity contribution in [3.63, 3.8) is 0 Å². The first-order valence-corrected chi connectivity index (χ1v) is 11.9. The lowest BCUT2D eigenvalue weighted by molar-refractivity contribution is 0.866. The van der Waals surface area contributed by atoms with Crippen LogP contribution in [0.15, 0.2) is 109 Å². The fourth-order valence-corrected chi connectivity index (χ4v) is 6.25. The van der Waals surface area contributed by atoms with Crippen molar-refractivity contribution in [2.75, 3.05) is 5.32 Å². The Morgan fingerprint density at radius 2 is 1.17 bits per heavy atom. The third-order valence-electron chi connectivity index (χ3n) is 5.28. The van der Waals surface area contributed by atoms with Crippen molar-refractivity contribution in [1.29, 1.82) is 0 Å². The van der Waals surface area contributed by atoms with Gasteiger partial charge in [-0.1, -0.05) is 123 Å².